The summed E-state index contributed by atoms with van der Waals surface area (Å²) in [5.41, 5.74) is 3.60. The zero-order chi connectivity index (χ0) is 20.0. The molecule has 4 heterocycles. The van der Waals surface area contributed by atoms with E-state index >= 15 is 0 Å². The van der Waals surface area contributed by atoms with Gasteiger partial charge in [-0.3, -0.25) is 4.98 Å². The third-order valence-electron chi connectivity index (χ3n) is 4.91. The van der Waals surface area contributed by atoms with Crippen LogP contribution in [-0.2, 0) is 13.0 Å². The molecule has 0 atom stereocenters. The molecule has 146 valence electrons. The Balaban J connectivity index is 1.44. The van der Waals surface area contributed by atoms with Gasteiger partial charge in [0.15, 0.2) is 23.0 Å². The van der Waals surface area contributed by atoms with Gasteiger partial charge in [0, 0.05) is 25.2 Å². The van der Waals surface area contributed by atoms with Gasteiger partial charge in [0.05, 0.1) is 6.20 Å². The van der Waals surface area contributed by atoms with Crippen molar-refractivity contribution in [3.8, 4) is 11.5 Å². The quantitative estimate of drug-likeness (QED) is 0.530. The van der Waals surface area contributed by atoms with Crippen molar-refractivity contribution in [2.24, 2.45) is 0 Å². The van der Waals surface area contributed by atoms with Crippen molar-refractivity contribution >= 4 is 11.5 Å². The van der Waals surface area contributed by atoms with E-state index in [0.29, 0.717) is 17.9 Å². The Morgan fingerprint density at radius 1 is 1.17 bits per heavy atom. The van der Waals surface area contributed by atoms with Crippen LogP contribution in [-0.4, -0.2) is 31.3 Å². The second kappa shape index (κ2) is 6.77. The van der Waals surface area contributed by atoms with Crippen LogP contribution < -0.4 is 9.64 Å². The highest BCUT2D eigenvalue weighted by molar-refractivity contribution is 5.53. The maximum absolute atomic E-state index is 13.9. The number of halogens is 2. The van der Waals surface area contributed by atoms with Crippen molar-refractivity contribution in [2.45, 2.75) is 19.9 Å². The highest BCUT2D eigenvalue weighted by atomic mass is 19.2. The molecular weight excluding hydrogens is 378 g/mol. The van der Waals surface area contributed by atoms with Crippen LogP contribution in [0, 0.1) is 18.6 Å². The number of ether oxygens (including phenoxy) is 1. The van der Waals surface area contributed by atoms with E-state index in [0.717, 1.165) is 41.7 Å². The predicted molar refractivity (Wildman–Crippen MR) is 101 cm³/mol. The lowest BCUT2D eigenvalue weighted by atomic mass is 10.1. The van der Waals surface area contributed by atoms with E-state index in [9.17, 15) is 8.78 Å². The summed E-state index contributed by atoms with van der Waals surface area (Å²) in [6.45, 7) is 3.32. The molecule has 29 heavy (non-hydrogen) atoms. The summed E-state index contributed by atoms with van der Waals surface area (Å²) in [4.78, 5) is 6.59. The van der Waals surface area contributed by atoms with Crippen molar-refractivity contribution in [3.63, 3.8) is 0 Å². The molecule has 4 aromatic rings. The fourth-order valence-electron chi connectivity index (χ4n) is 3.49. The van der Waals surface area contributed by atoms with Crippen LogP contribution in [0.1, 0.15) is 16.8 Å². The van der Waals surface area contributed by atoms with E-state index in [2.05, 4.69) is 25.2 Å². The van der Waals surface area contributed by atoms with E-state index in [4.69, 9.17) is 4.74 Å². The molecule has 3 aromatic heterocycles. The number of fused-ring (bicyclic) bond motifs is 2. The zero-order valence-electron chi connectivity index (χ0n) is 15.5. The lowest BCUT2D eigenvalue weighted by Crippen LogP contribution is -2.32. The van der Waals surface area contributed by atoms with E-state index in [1.807, 2.05) is 19.1 Å². The second-order valence-corrected chi connectivity index (χ2v) is 6.89. The maximum atomic E-state index is 13.9. The molecule has 1 aromatic carbocycles. The molecule has 0 spiro atoms. The maximum Gasteiger partial charge on any atom is 0.201 e. The number of aromatic nitrogens is 5. The van der Waals surface area contributed by atoms with Crippen molar-refractivity contribution in [3.05, 3.63) is 71.3 Å². The fourth-order valence-corrected chi connectivity index (χ4v) is 3.49. The molecule has 0 saturated carbocycles. The van der Waals surface area contributed by atoms with Gasteiger partial charge >= 0.3 is 0 Å². The summed E-state index contributed by atoms with van der Waals surface area (Å²) in [5, 5.41) is 12.5. The molecule has 0 radical (unpaired) electrons. The summed E-state index contributed by atoms with van der Waals surface area (Å²) in [6, 6.07) is 7.58. The Bertz CT molecular complexity index is 1230. The van der Waals surface area contributed by atoms with Crippen LogP contribution in [0.5, 0.6) is 11.5 Å². The Hall–Kier alpha value is -3.62. The second-order valence-electron chi connectivity index (χ2n) is 6.89. The van der Waals surface area contributed by atoms with E-state index in [-0.39, 0.29) is 5.75 Å². The smallest absolute Gasteiger partial charge is 0.201 e. The van der Waals surface area contributed by atoms with E-state index in [1.165, 1.54) is 18.3 Å². The number of anilines is 1. The number of nitrogens with zero attached hydrogens (tertiary/aromatic N) is 6. The largest absolute Gasteiger partial charge is 0.453 e. The van der Waals surface area contributed by atoms with Gasteiger partial charge in [0.2, 0.25) is 5.82 Å². The molecule has 0 bridgehead atoms. The van der Waals surface area contributed by atoms with E-state index in [1.54, 1.807) is 10.8 Å². The minimum absolute atomic E-state index is 0.171. The molecule has 9 heteroatoms. The number of benzene rings is 1. The van der Waals surface area contributed by atoms with Gasteiger partial charge in [-0.05, 0) is 42.3 Å². The van der Waals surface area contributed by atoms with Crippen molar-refractivity contribution in [1.82, 2.24) is 24.8 Å². The first-order chi connectivity index (χ1) is 14.1. The van der Waals surface area contributed by atoms with Gasteiger partial charge in [0.1, 0.15) is 12.1 Å². The van der Waals surface area contributed by atoms with Gasteiger partial charge < -0.3 is 9.64 Å². The van der Waals surface area contributed by atoms with Gasteiger partial charge in [-0.2, -0.15) is 8.91 Å². The highest BCUT2D eigenvalue weighted by Gasteiger charge is 2.22. The molecule has 0 fully saturated rings. The third kappa shape index (κ3) is 3.14. The first kappa shape index (κ1) is 17.5. The lowest BCUT2D eigenvalue weighted by molar-refractivity contribution is 0.414. The summed E-state index contributed by atoms with van der Waals surface area (Å²) in [7, 11) is 0. The van der Waals surface area contributed by atoms with Crippen LogP contribution in [0.25, 0.3) is 5.65 Å². The molecule has 0 amide bonds. The molecular formula is C20H16F2N6O. The summed E-state index contributed by atoms with van der Waals surface area (Å²) in [6.07, 6.45) is 3.84. The van der Waals surface area contributed by atoms with Gasteiger partial charge in [-0.25, -0.2) is 4.39 Å². The SMILES string of the molecule is Cc1cc2nncn2nc1N1CCc2ncc(Oc3cccc(F)c3F)cc2C1. The molecule has 0 aliphatic carbocycles. The molecule has 0 N–H and O–H groups in total. The summed E-state index contributed by atoms with van der Waals surface area (Å²) < 4.78 is 34.5. The average Bonchev–Trinajstić information content (AvgIpc) is 3.17. The third-order valence-corrected chi connectivity index (χ3v) is 4.91. The van der Waals surface area contributed by atoms with Crippen LogP contribution >= 0.6 is 0 Å². The lowest BCUT2D eigenvalue weighted by Gasteiger charge is -2.30. The standard InChI is InChI=1S/C20H16F2N6O/c1-12-7-18-25-24-11-28(18)26-20(12)27-6-5-16-13(10-27)8-14(9-23-16)29-17-4-2-3-15(21)19(17)22/h2-4,7-9,11H,5-6,10H2,1H3. The zero-order valence-corrected chi connectivity index (χ0v) is 15.5. The summed E-state index contributed by atoms with van der Waals surface area (Å²) in [5.74, 6) is -0.950. The van der Waals surface area contributed by atoms with Crippen LogP contribution in [0.2, 0.25) is 0 Å². The molecule has 7 nitrogen and oxygen atoms in total. The Labute approximate surface area is 164 Å². The van der Waals surface area contributed by atoms with Crippen molar-refractivity contribution in [1.29, 1.82) is 0 Å². The fraction of sp³-hybridized carbons (Fsp3) is 0.200. The van der Waals surface area contributed by atoms with Crippen molar-refractivity contribution in [2.75, 3.05) is 11.4 Å². The van der Waals surface area contributed by atoms with Crippen LogP contribution in [0.3, 0.4) is 0 Å². The molecule has 0 unspecified atom stereocenters. The first-order valence-electron chi connectivity index (χ1n) is 9.11. The van der Waals surface area contributed by atoms with Gasteiger partial charge in [-0.15, -0.1) is 15.3 Å². The molecule has 1 aliphatic rings. The minimum Gasteiger partial charge on any atom is -0.453 e. The molecule has 0 saturated heterocycles. The highest BCUT2D eigenvalue weighted by Crippen LogP contribution is 2.30. The Morgan fingerprint density at radius 3 is 2.97 bits per heavy atom. The number of hydrogen-bond acceptors (Lipinski definition) is 6. The topological polar surface area (TPSA) is 68.4 Å². The van der Waals surface area contributed by atoms with Gasteiger partial charge in [-0.1, -0.05) is 6.07 Å². The molecule has 1 aliphatic heterocycles. The van der Waals surface area contributed by atoms with Crippen LogP contribution in [0.4, 0.5) is 14.6 Å². The Morgan fingerprint density at radius 2 is 2.07 bits per heavy atom. The number of aryl methyl sites for hydroxylation is 1. The van der Waals surface area contributed by atoms with E-state index < -0.39 is 11.6 Å². The Kier molecular flexibility index (Phi) is 4.08. The molecule has 5 rings (SSSR count). The normalized spacial score (nSPS) is 13.6. The van der Waals surface area contributed by atoms with Crippen LogP contribution in [0.15, 0.2) is 42.9 Å². The monoisotopic (exact) mass is 394 g/mol. The van der Waals surface area contributed by atoms with Gasteiger partial charge in [0.25, 0.3) is 0 Å². The van der Waals surface area contributed by atoms with Crippen molar-refractivity contribution < 1.29 is 13.5 Å². The minimum atomic E-state index is -1.02. The number of pyridine rings is 1. The summed E-state index contributed by atoms with van der Waals surface area (Å²) >= 11 is 0. The first-order valence-corrected chi connectivity index (χ1v) is 9.11. The predicted octanol–water partition coefficient (Wildman–Crippen LogP) is 3.46. The number of rotatable bonds is 3. The number of hydrogen-bond donors (Lipinski definition) is 0. The average molecular weight is 394 g/mol.